The number of amides is 1. The van der Waals surface area contributed by atoms with E-state index in [1.54, 1.807) is 21.7 Å². The molecule has 0 unspecified atom stereocenters. The van der Waals surface area contributed by atoms with Crippen molar-refractivity contribution >= 4 is 38.2 Å². The highest BCUT2D eigenvalue weighted by atomic mass is 32.2. The summed E-state index contributed by atoms with van der Waals surface area (Å²) in [6.45, 7) is 4.92. The van der Waals surface area contributed by atoms with Gasteiger partial charge >= 0.3 is 0 Å². The van der Waals surface area contributed by atoms with Crippen molar-refractivity contribution in [2.24, 2.45) is 5.73 Å². The Morgan fingerprint density at radius 2 is 1.94 bits per heavy atom. The summed E-state index contributed by atoms with van der Waals surface area (Å²) in [6.07, 6.45) is 2.02. The number of ether oxygens (including phenoxy) is 1. The molecule has 188 valence electrons. The first-order valence-corrected chi connectivity index (χ1v) is 14.6. The van der Waals surface area contributed by atoms with E-state index in [1.165, 1.54) is 0 Å². The number of sulfonamides is 1. The van der Waals surface area contributed by atoms with Crippen LogP contribution in [0.1, 0.15) is 41.2 Å². The highest BCUT2D eigenvalue weighted by Gasteiger charge is 2.31. The number of nitrogens with zero attached hydrogens (tertiary/aromatic N) is 3. The highest BCUT2D eigenvalue weighted by Crippen LogP contribution is 2.36. The van der Waals surface area contributed by atoms with Crippen LogP contribution in [0.15, 0.2) is 29.0 Å². The Labute approximate surface area is 209 Å². The molecule has 2 aliphatic heterocycles. The number of hydrogen-bond donors (Lipinski definition) is 2. The molecular formula is C24H31N5O4S2. The molecule has 3 N–H and O–H groups in total. The SMILES string of the molecule is NC(=O)c1cc(-c2ccsc2)cc2c(C3CCN(S(=O)(=O)CCCN4CCOCC4)CC3)n[nH]c12. The van der Waals surface area contributed by atoms with E-state index in [1.807, 2.05) is 16.8 Å². The van der Waals surface area contributed by atoms with E-state index in [4.69, 9.17) is 10.5 Å². The normalized spacial score (nSPS) is 18.9. The molecule has 0 radical (unpaired) electrons. The number of fused-ring (bicyclic) bond motifs is 1. The van der Waals surface area contributed by atoms with Gasteiger partial charge in [0, 0.05) is 37.5 Å². The second kappa shape index (κ2) is 10.4. The minimum absolute atomic E-state index is 0.113. The molecule has 2 saturated heterocycles. The van der Waals surface area contributed by atoms with Crippen molar-refractivity contribution in [3.63, 3.8) is 0 Å². The number of primary amides is 1. The van der Waals surface area contributed by atoms with E-state index >= 15 is 0 Å². The summed E-state index contributed by atoms with van der Waals surface area (Å²) in [7, 11) is -3.29. The summed E-state index contributed by atoms with van der Waals surface area (Å²) >= 11 is 1.59. The Morgan fingerprint density at radius 1 is 1.17 bits per heavy atom. The van der Waals surface area contributed by atoms with Crippen molar-refractivity contribution in [2.45, 2.75) is 25.2 Å². The Hall–Kier alpha value is -2.31. The van der Waals surface area contributed by atoms with Crippen molar-refractivity contribution < 1.29 is 17.9 Å². The zero-order valence-electron chi connectivity index (χ0n) is 19.6. The zero-order chi connectivity index (χ0) is 24.4. The summed E-state index contributed by atoms with van der Waals surface area (Å²) in [4.78, 5) is 14.4. The Bertz CT molecular complexity index is 1270. The van der Waals surface area contributed by atoms with Gasteiger partial charge in [0.25, 0.3) is 5.91 Å². The number of benzene rings is 1. The molecule has 1 aromatic carbocycles. The van der Waals surface area contributed by atoms with Crippen LogP contribution in [0.5, 0.6) is 0 Å². The predicted octanol–water partition coefficient (Wildman–Crippen LogP) is 2.62. The lowest BCUT2D eigenvalue weighted by Crippen LogP contribution is -2.41. The number of nitrogens with two attached hydrogens (primary N) is 1. The van der Waals surface area contributed by atoms with Crippen LogP contribution in [0.25, 0.3) is 22.0 Å². The molecule has 0 aliphatic carbocycles. The standard InChI is InChI=1S/C24H31N5O4S2/c25-24(30)21-15-19(18-4-12-34-16-18)14-20-22(26-27-23(20)21)17-2-6-29(7-3-17)35(31,32)13-1-5-28-8-10-33-11-9-28/h4,12,14-17H,1-3,5-11,13H2,(H2,25,30)(H,26,27). The number of carbonyl (C=O) groups excluding carboxylic acids is 1. The number of thiophene rings is 1. The summed E-state index contributed by atoms with van der Waals surface area (Å²) in [5, 5.41) is 12.5. The number of rotatable bonds is 8. The van der Waals surface area contributed by atoms with Crippen LogP contribution in [0.3, 0.4) is 0 Å². The van der Waals surface area contributed by atoms with Gasteiger partial charge in [-0.25, -0.2) is 12.7 Å². The highest BCUT2D eigenvalue weighted by molar-refractivity contribution is 7.89. The molecule has 3 aromatic rings. The fourth-order valence-corrected chi connectivity index (χ4v) is 7.26. The number of H-pyrrole nitrogens is 1. The average Bonchev–Trinajstić information content (AvgIpc) is 3.54. The van der Waals surface area contributed by atoms with Crippen molar-refractivity contribution in [3.8, 4) is 11.1 Å². The van der Waals surface area contributed by atoms with Gasteiger partial charge in [0.1, 0.15) is 0 Å². The molecule has 0 atom stereocenters. The fraction of sp³-hybridized carbons (Fsp3) is 0.500. The van der Waals surface area contributed by atoms with E-state index in [2.05, 4.69) is 21.2 Å². The summed E-state index contributed by atoms with van der Waals surface area (Å²) < 4.78 is 32.9. The maximum atomic E-state index is 12.9. The Balaban J connectivity index is 1.28. The summed E-state index contributed by atoms with van der Waals surface area (Å²) in [6, 6.07) is 5.87. The first-order valence-electron chi connectivity index (χ1n) is 12.0. The third-order valence-corrected chi connectivity index (χ3v) is 9.68. The molecule has 1 amide bonds. The van der Waals surface area contributed by atoms with E-state index in [0.29, 0.717) is 43.4 Å². The zero-order valence-corrected chi connectivity index (χ0v) is 21.2. The molecule has 35 heavy (non-hydrogen) atoms. The quantitative estimate of drug-likeness (QED) is 0.474. The van der Waals surface area contributed by atoms with Crippen molar-refractivity contribution in [1.82, 2.24) is 19.4 Å². The topological polar surface area (TPSA) is 122 Å². The number of aromatic nitrogens is 2. The molecular weight excluding hydrogens is 486 g/mol. The van der Waals surface area contributed by atoms with E-state index in [0.717, 1.165) is 55.1 Å². The minimum atomic E-state index is -3.29. The lowest BCUT2D eigenvalue weighted by Gasteiger charge is -2.31. The van der Waals surface area contributed by atoms with Crippen LogP contribution in [-0.4, -0.2) is 85.4 Å². The molecule has 0 bridgehead atoms. The summed E-state index contributed by atoms with van der Waals surface area (Å²) in [5.74, 6) is -0.214. The molecule has 2 fully saturated rings. The van der Waals surface area contributed by atoms with Crippen LogP contribution in [0.4, 0.5) is 0 Å². The molecule has 9 nitrogen and oxygen atoms in total. The first kappa shape index (κ1) is 24.4. The molecule has 4 heterocycles. The van der Waals surface area contributed by atoms with Gasteiger partial charge in [-0.05, 0) is 65.9 Å². The van der Waals surface area contributed by atoms with E-state index < -0.39 is 15.9 Å². The van der Waals surface area contributed by atoms with Gasteiger partial charge in [0.05, 0.1) is 35.7 Å². The second-order valence-electron chi connectivity index (χ2n) is 9.23. The minimum Gasteiger partial charge on any atom is -0.379 e. The Kier molecular flexibility index (Phi) is 7.21. The number of hydrogen-bond acceptors (Lipinski definition) is 7. The molecule has 0 spiro atoms. The number of morpholine rings is 1. The lowest BCUT2D eigenvalue weighted by atomic mass is 9.91. The molecule has 2 aliphatic rings. The third kappa shape index (κ3) is 5.29. The molecule has 11 heteroatoms. The van der Waals surface area contributed by atoms with Gasteiger partial charge in [0.15, 0.2) is 0 Å². The lowest BCUT2D eigenvalue weighted by molar-refractivity contribution is 0.0380. The molecule has 5 rings (SSSR count). The maximum Gasteiger partial charge on any atom is 0.250 e. The van der Waals surface area contributed by atoms with Crippen LogP contribution >= 0.6 is 11.3 Å². The third-order valence-electron chi connectivity index (χ3n) is 7.04. The number of piperidine rings is 1. The fourth-order valence-electron chi connectivity index (χ4n) is 5.07. The van der Waals surface area contributed by atoms with Gasteiger partial charge in [0.2, 0.25) is 10.0 Å². The molecule has 0 saturated carbocycles. The van der Waals surface area contributed by atoms with E-state index in [9.17, 15) is 13.2 Å². The van der Waals surface area contributed by atoms with Gasteiger partial charge in [-0.3, -0.25) is 14.8 Å². The van der Waals surface area contributed by atoms with Crippen molar-refractivity contribution in [3.05, 3.63) is 40.2 Å². The largest absolute Gasteiger partial charge is 0.379 e. The number of carbonyl (C=O) groups is 1. The monoisotopic (exact) mass is 517 g/mol. The second-order valence-corrected chi connectivity index (χ2v) is 12.1. The van der Waals surface area contributed by atoms with Gasteiger partial charge in [-0.15, -0.1) is 0 Å². The van der Waals surface area contributed by atoms with Gasteiger partial charge in [-0.1, -0.05) is 0 Å². The predicted molar refractivity (Wildman–Crippen MR) is 137 cm³/mol. The van der Waals surface area contributed by atoms with Crippen LogP contribution in [-0.2, 0) is 14.8 Å². The van der Waals surface area contributed by atoms with Crippen molar-refractivity contribution in [2.75, 3.05) is 51.7 Å². The van der Waals surface area contributed by atoms with Gasteiger partial charge in [-0.2, -0.15) is 16.4 Å². The van der Waals surface area contributed by atoms with Crippen LogP contribution in [0.2, 0.25) is 0 Å². The van der Waals surface area contributed by atoms with Crippen molar-refractivity contribution in [1.29, 1.82) is 0 Å². The number of aromatic amines is 1. The average molecular weight is 518 g/mol. The maximum absolute atomic E-state index is 12.9. The summed E-state index contributed by atoms with van der Waals surface area (Å²) in [5.41, 5.74) is 9.58. The molecule has 2 aromatic heterocycles. The number of nitrogens with one attached hydrogen (secondary N) is 1. The van der Waals surface area contributed by atoms with E-state index in [-0.39, 0.29) is 11.7 Å². The van der Waals surface area contributed by atoms with Gasteiger partial charge < -0.3 is 10.5 Å². The first-order chi connectivity index (χ1) is 16.9. The smallest absolute Gasteiger partial charge is 0.250 e. The Morgan fingerprint density at radius 3 is 2.63 bits per heavy atom. The van der Waals surface area contributed by atoms with Crippen LogP contribution < -0.4 is 5.73 Å². The van der Waals surface area contributed by atoms with Crippen LogP contribution in [0, 0.1) is 0 Å².